The lowest BCUT2D eigenvalue weighted by atomic mass is 10.2. The zero-order chi connectivity index (χ0) is 6.69. The molecule has 1 rings (SSSR count). The van der Waals surface area contributed by atoms with Crippen LogP contribution in [0.3, 0.4) is 0 Å². The van der Waals surface area contributed by atoms with Crippen LogP contribution in [0.1, 0.15) is 5.56 Å². The Morgan fingerprint density at radius 2 is 1.70 bits per heavy atom. The first kappa shape index (κ1) is 9.05. The summed E-state index contributed by atoms with van der Waals surface area (Å²) in [6.45, 7) is 3.62. The summed E-state index contributed by atoms with van der Waals surface area (Å²) in [6, 6.07) is 7.58. The molecule has 54 valence electrons. The summed E-state index contributed by atoms with van der Waals surface area (Å²) < 4.78 is 0. The Morgan fingerprint density at radius 3 is 2.10 bits per heavy atom. The van der Waals surface area contributed by atoms with E-state index >= 15 is 0 Å². The van der Waals surface area contributed by atoms with Crippen LogP contribution in [0.25, 0.3) is 6.08 Å². The van der Waals surface area contributed by atoms with Crippen LogP contribution in [0, 0.1) is 0 Å². The first-order valence-electron chi connectivity index (χ1n) is 2.81. The number of anilines is 1. The van der Waals surface area contributed by atoms with E-state index in [1.165, 1.54) is 0 Å². The van der Waals surface area contributed by atoms with E-state index in [0.717, 1.165) is 11.3 Å². The SMILES string of the molecule is C=Cc1ccc(N)cc1.Cl. The minimum Gasteiger partial charge on any atom is -0.399 e. The molecule has 0 radical (unpaired) electrons. The molecule has 2 N–H and O–H groups in total. The van der Waals surface area contributed by atoms with Crippen LogP contribution in [0.5, 0.6) is 0 Å². The Bertz CT molecular complexity index is 203. The molecule has 0 unspecified atom stereocenters. The fourth-order valence-electron chi connectivity index (χ4n) is 0.632. The second kappa shape index (κ2) is 3.96. The van der Waals surface area contributed by atoms with Gasteiger partial charge in [-0.2, -0.15) is 0 Å². The van der Waals surface area contributed by atoms with Gasteiger partial charge in [0.1, 0.15) is 0 Å². The minimum atomic E-state index is 0. The molecule has 10 heavy (non-hydrogen) atoms. The van der Waals surface area contributed by atoms with Crippen LogP contribution in [0.2, 0.25) is 0 Å². The van der Waals surface area contributed by atoms with E-state index in [-0.39, 0.29) is 12.4 Å². The van der Waals surface area contributed by atoms with Crippen LogP contribution in [-0.2, 0) is 0 Å². The predicted molar refractivity (Wildman–Crippen MR) is 48.2 cm³/mol. The summed E-state index contributed by atoms with van der Waals surface area (Å²) in [4.78, 5) is 0. The van der Waals surface area contributed by atoms with Gasteiger partial charge in [0.05, 0.1) is 0 Å². The summed E-state index contributed by atoms with van der Waals surface area (Å²) >= 11 is 0. The zero-order valence-corrected chi connectivity index (χ0v) is 6.40. The Kier molecular flexibility index (Phi) is 3.59. The molecule has 0 aliphatic heterocycles. The fraction of sp³-hybridized carbons (Fsp3) is 0. The van der Waals surface area contributed by atoms with E-state index in [4.69, 9.17) is 5.73 Å². The summed E-state index contributed by atoms with van der Waals surface area (Å²) in [5, 5.41) is 0. The van der Waals surface area contributed by atoms with Crippen molar-refractivity contribution in [2.24, 2.45) is 0 Å². The third-order valence-corrected chi connectivity index (χ3v) is 1.17. The van der Waals surface area contributed by atoms with Crippen molar-refractivity contribution in [3.8, 4) is 0 Å². The highest BCUT2D eigenvalue weighted by molar-refractivity contribution is 5.85. The van der Waals surface area contributed by atoms with Gasteiger partial charge in [-0.3, -0.25) is 0 Å². The smallest absolute Gasteiger partial charge is 0.0314 e. The second-order valence-electron chi connectivity index (χ2n) is 1.87. The Balaban J connectivity index is 0.000000810. The second-order valence-corrected chi connectivity index (χ2v) is 1.87. The highest BCUT2D eigenvalue weighted by Crippen LogP contribution is 2.05. The summed E-state index contributed by atoms with van der Waals surface area (Å²) in [6.07, 6.45) is 1.79. The van der Waals surface area contributed by atoms with Gasteiger partial charge in [0, 0.05) is 5.69 Å². The lowest BCUT2D eigenvalue weighted by molar-refractivity contribution is 1.65. The van der Waals surface area contributed by atoms with Crippen molar-refractivity contribution in [1.29, 1.82) is 0 Å². The first-order valence-corrected chi connectivity index (χ1v) is 2.81. The number of nitrogen functional groups attached to an aromatic ring is 1. The van der Waals surface area contributed by atoms with Crippen LogP contribution in [-0.4, -0.2) is 0 Å². The molecule has 0 bridgehead atoms. The Hall–Kier alpha value is -0.950. The maximum absolute atomic E-state index is 5.45. The number of rotatable bonds is 1. The first-order chi connectivity index (χ1) is 4.33. The number of benzene rings is 1. The Morgan fingerprint density at radius 1 is 1.20 bits per heavy atom. The van der Waals surface area contributed by atoms with Gasteiger partial charge in [0.25, 0.3) is 0 Å². The highest BCUT2D eigenvalue weighted by atomic mass is 35.5. The fourth-order valence-corrected chi connectivity index (χ4v) is 0.632. The van der Waals surface area contributed by atoms with Crippen molar-refractivity contribution in [2.45, 2.75) is 0 Å². The molecule has 0 heterocycles. The molecule has 2 heteroatoms. The van der Waals surface area contributed by atoms with Crippen molar-refractivity contribution in [3.63, 3.8) is 0 Å². The molecule has 0 saturated carbocycles. The molecule has 0 atom stereocenters. The molecule has 0 amide bonds. The van der Waals surface area contributed by atoms with E-state index in [9.17, 15) is 0 Å². The summed E-state index contributed by atoms with van der Waals surface area (Å²) in [5.41, 5.74) is 7.34. The van der Waals surface area contributed by atoms with Crippen LogP contribution >= 0.6 is 12.4 Å². The average Bonchev–Trinajstić information content (AvgIpc) is 1.90. The molecule has 0 aliphatic carbocycles. The number of hydrogen-bond donors (Lipinski definition) is 1. The van der Waals surface area contributed by atoms with E-state index in [0.29, 0.717) is 0 Å². The average molecular weight is 156 g/mol. The van der Waals surface area contributed by atoms with Crippen molar-refractivity contribution >= 4 is 24.2 Å². The lowest BCUT2D eigenvalue weighted by Crippen LogP contribution is -1.81. The quantitative estimate of drug-likeness (QED) is 0.619. The van der Waals surface area contributed by atoms with Crippen LogP contribution < -0.4 is 5.73 Å². The molecule has 1 aromatic carbocycles. The maximum atomic E-state index is 5.45. The molecule has 0 saturated heterocycles. The number of halogens is 1. The van der Waals surface area contributed by atoms with Crippen molar-refractivity contribution in [1.82, 2.24) is 0 Å². The lowest BCUT2D eigenvalue weighted by Gasteiger charge is -1.91. The van der Waals surface area contributed by atoms with Gasteiger partial charge in [0.15, 0.2) is 0 Å². The molecule has 1 nitrogen and oxygen atoms in total. The van der Waals surface area contributed by atoms with E-state index in [2.05, 4.69) is 6.58 Å². The maximum Gasteiger partial charge on any atom is 0.0314 e. The minimum absolute atomic E-state index is 0. The molecule has 0 aliphatic rings. The van der Waals surface area contributed by atoms with Gasteiger partial charge in [0.2, 0.25) is 0 Å². The third-order valence-electron chi connectivity index (χ3n) is 1.17. The van der Waals surface area contributed by atoms with Crippen molar-refractivity contribution in [2.75, 3.05) is 5.73 Å². The molecular formula is C8H10ClN. The molecular weight excluding hydrogens is 146 g/mol. The van der Waals surface area contributed by atoms with Gasteiger partial charge in [-0.25, -0.2) is 0 Å². The summed E-state index contributed by atoms with van der Waals surface area (Å²) in [5.74, 6) is 0. The topological polar surface area (TPSA) is 26.0 Å². The van der Waals surface area contributed by atoms with Gasteiger partial charge < -0.3 is 5.73 Å². The van der Waals surface area contributed by atoms with Crippen LogP contribution in [0.4, 0.5) is 5.69 Å². The van der Waals surface area contributed by atoms with Crippen molar-refractivity contribution in [3.05, 3.63) is 36.4 Å². The van der Waals surface area contributed by atoms with Gasteiger partial charge in [-0.05, 0) is 17.7 Å². The zero-order valence-electron chi connectivity index (χ0n) is 5.58. The molecule has 0 spiro atoms. The summed E-state index contributed by atoms with van der Waals surface area (Å²) in [7, 11) is 0. The molecule has 0 aromatic heterocycles. The standard InChI is InChI=1S/C8H9N.ClH/c1-2-7-3-5-8(9)6-4-7;/h2-6H,1,9H2;1H. The van der Waals surface area contributed by atoms with E-state index < -0.39 is 0 Å². The largest absolute Gasteiger partial charge is 0.399 e. The van der Waals surface area contributed by atoms with E-state index in [1.807, 2.05) is 24.3 Å². The van der Waals surface area contributed by atoms with E-state index in [1.54, 1.807) is 6.08 Å². The Labute approximate surface area is 67.0 Å². The highest BCUT2D eigenvalue weighted by Gasteiger charge is 1.82. The van der Waals surface area contributed by atoms with Gasteiger partial charge in [-0.1, -0.05) is 24.8 Å². The third kappa shape index (κ3) is 2.11. The normalized spacial score (nSPS) is 8.00. The monoisotopic (exact) mass is 155 g/mol. The number of nitrogens with two attached hydrogens (primary N) is 1. The van der Waals surface area contributed by atoms with Gasteiger partial charge >= 0.3 is 0 Å². The number of hydrogen-bond acceptors (Lipinski definition) is 1. The van der Waals surface area contributed by atoms with Gasteiger partial charge in [-0.15, -0.1) is 12.4 Å². The van der Waals surface area contributed by atoms with Crippen LogP contribution in [0.15, 0.2) is 30.8 Å². The van der Waals surface area contributed by atoms with Crippen molar-refractivity contribution < 1.29 is 0 Å². The predicted octanol–water partition coefficient (Wildman–Crippen LogP) is 2.33. The molecule has 1 aromatic rings. The molecule has 0 fully saturated rings.